The summed E-state index contributed by atoms with van der Waals surface area (Å²) in [5.74, 6) is 1.46. The fourth-order valence-corrected chi connectivity index (χ4v) is 2.72. The molecule has 0 radical (unpaired) electrons. The molecule has 0 saturated carbocycles. The maximum absolute atomic E-state index is 6.08. The number of furan rings is 1. The van der Waals surface area contributed by atoms with Crippen LogP contribution >= 0.6 is 27.5 Å². The molecule has 3 aromatic rings. The maximum atomic E-state index is 6.08. The summed E-state index contributed by atoms with van der Waals surface area (Å²) in [6.07, 6.45) is 1.63. The van der Waals surface area contributed by atoms with E-state index >= 15 is 0 Å². The fourth-order valence-electron chi connectivity index (χ4n) is 2.06. The second kappa shape index (κ2) is 7.02. The standard InChI is InChI=1S/C18H14BrClN2O/c1-12-6-7-13(10-17(12)20)22-21-11-14-8-9-18(23-14)15-4-2-3-5-16(15)19/h2-11,22H,1H3. The third-order valence-electron chi connectivity index (χ3n) is 3.32. The lowest BCUT2D eigenvalue weighted by atomic mass is 10.2. The largest absolute Gasteiger partial charge is 0.455 e. The molecular formula is C18H14BrClN2O. The first-order valence-corrected chi connectivity index (χ1v) is 8.20. The number of hydrazone groups is 1. The lowest BCUT2D eigenvalue weighted by Gasteiger charge is -2.02. The van der Waals surface area contributed by atoms with Gasteiger partial charge in [-0.2, -0.15) is 5.10 Å². The molecule has 5 heteroatoms. The molecule has 1 N–H and O–H groups in total. The van der Waals surface area contributed by atoms with E-state index in [4.69, 9.17) is 16.0 Å². The molecule has 0 saturated heterocycles. The lowest BCUT2D eigenvalue weighted by Crippen LogP contribution is -1.90. The predicted octanol–water partition coefficient (Wildman–Crippen LogP) is 6.12. The number of nitrogens with zero attached hydrogens (tertiary/aromatic N) is 1. The van der Waals surface area contributed by atoms with E-state index in [1.807, 2.05) is 61.5 Å². The van der Waals surface area contributed by atoms with E-state index in [2.05, 4.69) is 26.5 Å². The van der Waals surface area contributed by atoms with Gasteiger partial charge in [-0.1, -0.05) is 51.8 Å². The highest BCUT2D eigenvalue weighted by Gasteiger charge is 2.06. The van der Waals surface area contributed by atoms with Gasteiger partial charge in [0.15, 0.2) is 0 Å². The molecule has 2 aromatic carbocycles. The van der Waals surface area contributed by atoms with Crippen LogP contribution in [-0.4, -0.2) is 6.21 Å². The smallest absolute Gasteiger partial charge is 0.147 e. The average molecular weight is 390 g/mol. The van der Waals surface area contributed by atoms with Gasteiger partial charge in [-0.3, -0.25) is 5.43 Å². The first kappa shape index (κ1) is 15.8. The monoisotopic (exact) mass is 388 g/mol. The van der Waals surface area contributed by atoms with Crippen molar-refractivity contribution in [3.05, 3.63) is 75.4 Å². The van der Waals surface area contributed by atoms with E-state index in [9.17, 15) is 0 Å². The van der Waals surface area contributed by atoms with Crippen LogP contribution in [0.25, 0.3) is 11.3 Å². The molecule has 1 heterocycles. The molecule has 3 rings (SSSR count). The van der Waals surface area contributed by atoms with Crippen LogP contribution in [0.3, 0.4) is 0 Å². The van der Waals surface area contributed by atoms with Crippen LogP contribution in [0.2, 0.25) is 5.02 Å². The Bertz CT molecular complexity index is 858. The molecule has 0 bridgehead atoms. The average Bonchev–Trinajstić information content (AvgIpc) is 3.00. The third kappa shape index (κ3) is 3.84. The first-order valence-electron chi connectivity index (χ1n) is 7.03. The van der Waals surface area contributed by atoms with E-state index < -0.39 is 0 Å². The van der Waals surface area contributed by atoms with Crippen molar-refractivity contribution in [1.82, 2.24) is 0 Å². The van der Waals surface area contributed by atoms with E-state index in [-0.39, 0.29) is 0 Å². The van der Waals surface area contributed by atoms with E-state index in [0.29, 0.717) is 10.8 Å². The number of halogens is 2. The third-order valence-corrected chi connectivity index (χ3v) is 4.42. The molecule has 0 aliphatic rings. The number of rotatable bonds is 4. The summed E-state index contributed by atoms with van der Waals surface area (Å²) in [5, 5.41) is 4.88. The first-order chi connectivity index (χ1) is 11.1. The Labute approximate surface area is 148 Å². The molecule has 0 amide bonds. The van der Waals surface area contributed by atoms with Crippen molar-refractivity contribution >= 4 is 39.4 Å². The topological polar surface area (TPSA) is 37.5 Å². The molecular weight excluding hydrogens is 376 g/mol. The second-order valence-corrected chi connectivity index (χ2v) is 6.28. The van der Waals surface area contributed by atoms with Gasteiger partial charge in [0, 0.05) is 15.1 Å². The Hall–Kier alpha value is -2.04. The molecule has 1 aromatic heterocycles. The van der Waals surface area contributed by atoms with Gasteiger partial charge >= 0.3 is 0 Å². The van der Waals surface area contributed by atoms with Crippen molar-refractivity contribution < 1.29 is 4.42 Å². The molecule has 0 aliphatic heterocycles. The minimum Gasteiger partial charge on any atom is -0.455 e. The van der Waals surface area contributed by atoms with Gasteiger partial charge < -0.3 is 4.42 Å². The highest BCUT2D eigenvalue weighted by Crippen LogP contribution is 2.29. The van der Waals surface area contributed by atoms with Crippen molar-refractivity contribution in [3.8, 4) is 11.3 Å². The van der Waals surface area contributed by atoms with Gasteiger partial charge in [0.05, 0.1) is 11.9 Å². The summed E-state index contributed by atoms with van der Waals surface area (Å²) in [7, 11) is 0. The molecule has 116 valence electrons. The Morgan fingerprint density at radius 3 is 2.74 bits per heavy atom. The van der Waals surface area contributed by atoms with Gasteiger partial charge in [-0.05, 0) is 42.8 Å². The quantitative estimate of drug-likeness (QED) is 0.431. The van der Waals surface area contributed by atoms with Crippen molar-refractivity contribution in [2.45, 2.75) is 6.92 Å². The van der Waals surface area contributed by atoms with Crippen molar-refractivity contribution in [2.24, 2.45) is 5.10 Å². The van der Waals surface area contributed by atoms with Crippen molar-refractivity contribution in [3.63, 3.8) is 0 Å². The number of hydrogen-bond donors (Lipinski definition) is 1. The Morgan fingerprint density at radius 2 is 1.96 bits per heavy atom. The number of aryl methyl sites for hydroxylation is 1. The molecule has 23 heavy (non-hydrogen) atoms. The maximum Gasteiger partial charge on any atom is 0.147 e. The van der Waals surface area contributed by atoms with Gasteiger partial charge in [0.1, 0.15) is 11.5 Å². The zero-order valence-electron chi connectivity index (χ0n) is 12.4. The summed E-state index contributed by atoms with van der Waals surface area (Å²) in [6.45, 7) is 1.96. The zero-order valence-corrected chi connectivity index (χ0v) is 14.7. The molecule has 0 fully saturated rings. The Kier molecular flexibility index (Phi) is 4.84. The number of nitrogens with one attached hydrogen (secondary N) is 1. The molecule has 0 aliphatic carbocycles. The van der Waals surface area contributed by atoms with Crippen LogP contribution in [0.15, 0.2) is 68.6 Å². The summed E-state index contributed by atoms with van der Waals surface area (Å²) < 4.78 is 6.78. The van der Waals surface area contributed by atoms with Gasteiger partial charge in [0.2, 0.25) is 0 Å². The second-order valence-electron chi connectivity index (χ2n) is 5.02. The number of anilines is 1. The number of benzene rings is 2. The fraction of sp³-hybridized carbons (Fsp3) is 0.0556. The van der Waals surface area contributed by atoms with Crippen LogP contribution in [0, 0.1) is 6.92 Å². The van der Waals surface area contributed by atoms with Crippen LogP contribution in [0.5, 0.6) is 0 Å². The molecule has 0 spiro atoms. The summed E-state index contributed by atoms with van der Waals surface area (Å²) in [5.41, 5.74) is 5.80. The van der Waals surface area contributed by atoms with Gasteiger partial charge in [-0.25, -0.2) is 0 Å². The number of hydrogen-bond acceptors (Lipinski definition) is 3. The van der Waals surface area contributed by atoms with Crippen LogP contribution in [0.1, 0.15) is 11.3 Å². The minimum atomic E-state index is 0.668. The molecule has 3 nitrogen and oxygen atoms in total. The van der Waals surface area contributed by atoms with E-state index in [1.165, 1.54) is 0 Å². The highest BCUT2D eigenvalue weighted by molar-refractivity contribution is 9.10. The van der Waals surface area contributed by atoms with E-state index in [1.54, 1.807) is 6.21 Å². The molecule has 0 atom stereocenters. The summed E-state index contributed by atoms with van der Waals surface area (Å²) in [6, 6.07) is 17.4. The van der Waals surface area contributed by atoms with Crippen molar-refractivity contribution in [2.75, 3.05) is 5.43 Å². The van der Waals surface area contributed by atoms with Gasteiger partial charge in [-0.15, -0.1) is 0 Å². The Balaban J connectivity index is 1.71. The minimum absolute atomic E-state index is 0.668. The van der Waals surface area contributed by atoms with Crippen LogP contribution in [0.4, 0.5) is 5.69 Å². The lowest BCUT2D eigenvalue weighted by molar-refractivity contribution is 0.575. The van der Waals surface area contributed by atoms with E-state index in [0.717, 1.165) is 27.0 Å². The van der Waals surface area contributed by atoms with Crippen LogP contribution < -0.4 is 5.43 Å². The molecule has 0 unspecified atom stereocenters. The summed E-state index contributed by atoms with van der Waals surface area (Å²) in [4.78, 5) is 0. The Morgan fingerprint density at radius 1 is 1.13 bits per heavy atom. The summed E-state index contributed by atoms with van der Waals surface area (Å²) >= 11 is 9.60. The van der Waals surface area contributed by atoms with Crippen LogP contribution in [-0.2, 0) is 0 Å². The van der Waals surface area contributed by atoms with Crippen molar-refractivity contribution in [1.29, 1.82) is 0 Å². The SMILES string of the molecule is Cc1ccc(NN=Cc2ccc(-c3ccccc3Br)o2)cc1Cl. The predicted molar refractivity (Wildman–Crippen MR) is 99.2 cm³/mol. The zero-order chi connectivity index (χ0) is 16.2. The highest BCUT2D eigenvalue weighted by atomic mass is 79.9. The van der Waals surface area contributed by atoms with Gasteiger partial charge in [0.25, 0.3) is 0 Å². The normalized spacial score (nSPS) is 11.1.